The van der Waals surface area contributed by atoms with Crippen LogP contribution in [0.15, 0.2) is 28.6 Å². The number of nitrogens with zero attached hydrogens (tertiary/aromatic N) is 4. The van der Waals surface area contributed by atoms with Gasteiger partial charge in [0.15, 0.2) is 4.34 Å². The van der Waals surface area contributed by atoms with E-state index in [1.807, 2.05) is 32.2 Å². The van der Waals surface area contributed by atoms with Gasteiger partial charge in [-0.2, -0.15) is 0 Å². The van der Waals surface area contributed by atoms with Gasteiger partial charge >= 0.3 is 0 Å². The quantitative estimate of drug-likeness (QED) is 0.417. The molecule has 0 saturated carbocycles. The predicted octanol–water partition coefficient (Wildman–Crippen LogP) is 3.52. The summed E-state index contributed by atoms with van der Waals surface area (Å²) in [5, 5.41) is 13.0. The fourth-order valence-electron chi connectivity index (χ4n) is 2.28. The van der Waals surface area contributed by atoms with Crippen LogP contribution in [0.2, 0.25) is 0 Å². The Bertz CT molecular complexity index is 864. The lowest BCUT2D eigenvalue weighted by Crippen LogP contribution is -2.31. The molecule has 3 rings (SSSR count). The average Bonchev–Trinajstić information content (AvgIpc) is 3.31. The van der Waals surface area contributed by atoms with Crippen molar-refractivity contribution in [2.24, 2.45) is 0 Å². The maximum atomic E-state index is 12.6. The number of thioether (sulfide) groups is 1. The standard InChI is InChI=1S/C17H21N5O2S3/c1-11(15-19-12-6-4-5-7-13(12)26-15)22(2)14(23)10-25-17-21-20-16(27-17)18-8-9-24-3/h4-7,11H,8-10H2,1-3H3,(H,18,20). The zero-order valence-corrected chi connectivity index (χ0v) is 17.8. The maximum absolute atomic E-state index is 12.6. The van der Waals surface area contributed by atoms with Crippen LogP contribution in [0.4, 0.5) is 5.13 Å². The third kappa shape index (κ3) is 5.16. The minimum Gasteiger partial charge on any atom is -0.383 e. The number of hydrogen-bond acceptors (Lipinski definition) is 9. The van der Waals surface area contributed by atoms with E-state index in [1.165, 1.54) is 23.1 Å². The summed E-state index contributed by atoms with van der Waals surface area (Å²) in [7, 11) is 3.47. The predicted molar refractivity (Wildman–Crippen MR) is 112 cm³/mol. The smallest absolute Gasteiger partial charge is 0.233 e. The second-order valence-electron chi connectivity index (χ2n) is 5.78. The van der Waals surface area contributed by atoms with Gasteiger partial charge in [-0.05, 0) is 19.1 Å². The Morgan fingerprint density at radius 3 is 2.93 bits per heavy atom. The van der Waals surface area contributed by atoms with Crippen molar-refractivity contribution in [1.29, 1.82) is 0 Å². The van der Waals surface area contributed by atoms with Crippen molar-refractivity contribution < 1.29 is 9.53 Å². The van der Waals surface area contributed by atoms with Crippen LogP contribution in [0.5, 0.6) is 0 Å². The first-order valence-corrected chi connectivity index (χ1v) is 11.0. The molecule has 0 aliphatic heterocycles. The van der Waals surface area contributed by atoms with Gasteiger partial charge in [-0.15, -0.1) is 21.5 Å². The summed E-state index contributed by atoms with van der Waals surface area (Å²) in [5.74, 6) is 0.356. The lowest BCUT2D eigenvalue weighted by Gasteiger charge is -2.22. The molecule has 1 unspecified atom stereocenters. The summed E-state index contributed by atoms with van der Waals surface area (Å²) in [6.45, 7) is 3.29. The minimum absolute atomic E-state index is 0.0378. The molecule has 0 spiro atoms. The van der Waals surface area contributed by atoms with E-state index in [4.69, 9.17) is 4.74 Å². The van der Waals surface area contributed by atoms with Gasteiger partial charge in [0.2, 0.25) is 11.0 Å². The lowest BCUT2D eigenvalue weighted by molar-refractivity contribution is -0.128. The first-order valence-electron chi connectivity index (χ1n) is 8.38. The zero-order chi connectivity index (χ0) is 19.2. The molecular weight excluding hydrogens is 402 g/mol. The summed E-state index contributed by atoms with van der Waals surface area (Å²) >= 11 is 4.47. The number of nitrogens with one attached hydrogen (secondary N) is 1. The number of hydrogen-bond donors (Lipinski definition) is 1. The molecule has 10 heteroatoms. The second kappa shape index (κ2) is 9.45. The molecule has 0 radical (unpaired) electrons. The molecule has 7 nitrogen and oxygen atoms in total. The van der Waals surface area contributed by atoms with E-state index in [0.29, 0.717) is 18.9 Å². The van der Waals surface area contributed by atoms with Crippen LogP contribution in [0, 0.1) is 0 Å². The number of fused-ring (bicyclic) bond motifs is 1. The molecule has 0 aliphatic carbocycles. The van der Waals surface area contributed by atoms with E-state index in [1.54, 1.807) is 23.3 Å². The third-order valence-corrected chi connectivity index (χ3v) is 7.16. The van der Waals surface area contributed by atoms with Crippen LogP contribution in [-0.4, -0.2) is 59.1 Å². The number of thiazole rings is 1. The summed E-state index contributed by atoms with van der Waals surface area (Å²) in [6, 6.07) is 7.95. The molecular formula is C17H21N5O2S3. The highest BCUT2D eigenvalue weighted by molar-refractivity contribution is 8.01. The van der Waals surface area contributed by atoms with Crippen molar-refractivity contribution >= 4 is 55.7 Å². The van der Waals surface area contributed by atoms with Crippen LogP contribution >= 0.6 is 34.4 Å². The average molecular weight is 424 g/mol. The van der Waals surface area contributed by atoms with Crippen molar-refractivity contribution in [2.75, 3.05) is 38.4 Å². The number of methoxy groups -OCH3 is 1. The van der Waals surface area contributed by atoms with E-state index >= 15 is 0 Å². The normalized spacial score (nSPS) is 12.3. The largest absolute Gasteiger partial charge is 0.383 e. The maximum Gasteiger partial charge on any atom is 0.233 e. The Balaban J connectivity index is 1.54. The first-order chi connectivity index (χ1) is 13.1. The molecule has 0 bridgehead atoms. The number of carbonyl (C=O) groups excluding carboxylic acids is 1. The molecule has 3 aromatic rings. The van der Waals surface area contributed by atoms with Gasteiger partial charge in [0.1, 0.15) is 5.01 Å². The fourth-order valence-corrected chi connectivity index (χ4v) is 5.04. The highest BCUT2D eigenvalue weighted by atomic mass is 32.2. The Hall–Kier alpha value is -1.75. The number of ether oxygens (including phenoxy) is 1. The molecule has 2 heterocycles. The van der Waals surface area contributed by atoms with Gasteiger partial charge in [0, 0.05) is 20.7 Å². The Labute approximate surface area is 170 Å². The van der Waals surface area contributed by atoms with Gasteiger partial charge < -0.3 is 15.0 Å². The molecule has 1 amide bonds. The van der Waals surface area contributed by atoms with E-state index in [2.05, 4.69) is 26.6 Å². The highest BCUT2D eigenvalue weighted by Crippen LogP contribution is 2.30. The number of benzene rings is 1. The molecule has 0 saturated heterocycles. The molecule has 1 atom stereocenters. The molecule has 0 fully saturated rings. The molecule has 0 aliphatic rings. The van der Waals surface area contributed by atoms with Crippen molar-refractivity contribution in [3.05, 3.63) is 29.3 Å². The summed E-state index contributed by atoms with van der Waals surface area (Å²) < 4.78 is 6.89. The number of amides is 1. The van der Waals surface area contributed by atoms with Crippen LogP contribution in [0.25, 0.3) is 10.2 Å². The van der Waals surface area contributed by atoms with Crippen LogP contribution < -0.4 is 5.32 Å². The van der Waals surface area contributed by atoms with E-state index in [-0.39, 0.29) is 11.9 Å². The Morgan fingerprint density at radius 1 is 1.33 bits per heavy atom. The number of aromatic nitrogens is 3. The van der Waals surface area contributed by atoms with Crippen molar-refractivity contribution in [1.82, 2.24) is 20.1 Å². The lowest BCUT2D eigenvalue weighted by atomic mass is 10.3. The molecule has 1 aromatic carbocycles. The van der Waals surface area contributed by atoms with Gasteiger partial charge in [0.25, 0.3) is 0 Å². The Kier molecular flexibility index (Phi) is 7.00. The second-order valence-corrected chi connectivity index (χ2v) is 9.04. The third-order valence-electron chi connectivity index (χ3n) is 3.95. The number of carbonyl (C=O) groups is 1. The van der Waals surface area contributed by atoms with Crippen molar-refractivity contribution in [2.45, 2.75) is 17.3 Å². The fraction of sp³-hybridized carbons (Fsp3) is 0.412. The van der Waals surface area contributed by atoms with Crippen LogP contribution in [0.3, 0.4) is 0 Å². The summed E-state index contributed by atoms with van der Waals surface area (Å²) in [6.07, 6.45) is 0. The van der Waals surface area contributed by atoms with E-state index in [0.717, 1.165) is 24.7 Å². The molecule has 2 aromatic heterocycles. The van der Waals surface area contributed by atoms with Gasteiger partial charge in [-0.25, -0.2) is 4.98 Å². The number of para-hydroxylation sites is 1. The summed E-state index contributed by atoms with van der Waals surface area (Å²) in [4.78, 5) is 19.0. The SMILES string of the molecule is COCCNc1nnc(SCC(=O)N(C)C(C)c2nc3ccccc3s2)s1. The molecule has 1 N–H and O–H groups in total. The van der Waals surface area contributed by atoms with E-state index in [9.17, 15) is 4.79 Å². The number of anilines is 1. The topological polar surface area (TPSA) is 80.2 Å². The summed E-state index contributed by atoms with van der Waals surface area (Å²) in [5.41, 5.74) is 0.974. The first kappa shape index (κ1) is 20.0. The zero-order valence-electron chi connectivity index (χ0n) is 15.3. The molecule has 144 valence electrons. The van der Waals surface area contributed by atoms with Crippen molar-refractivity contribution in [3.63, 3.8) is 0 Å². The minimum atomic E-state index is -0.0730. The molecule has 27 heavy (non-hydrogen) atoms. The Morgan fingerprint density at radius 2 is 2.15 bits per heavy atom. The van der Waals surface area contributed by atoms with Crippen molar-refractivity contribution in [3.8, 4) is 0 Å². The van der Waals surface area contributed by atoms with Gasteiger partial charge in [-0.3, -0.25) is 4.79 Å². The van der Waals surface area contributed by atoms with Crippen LogP contribution in [0.1, 0.15) is 18.0 Å². The van der Waals surface area contributed by atoms with Gasteiger partial charge in [0.05, 0.1) is 28.6 Å². The van der Waals surface area contributed by atoms with Gasteiger partial charge in [-0.1, -0.05) is 35.2 Å². The van der Waals surface area contributed by atoms with E-state index < -0.39 is 0 Å². The number of rotatable bonds is 9. The monoisotopic (exact) mass is 423 g/mol. The van der Waals surface area contributed by atoms with Crippen LogP contribution in [-0.2, 0) is 9.53 Å². The highest BCUT2D eigenvalue weighted by Gasteiger charge is 2.21.